The van der Waals surface area contributed by atoms with Crippen LogP contribution < -0.4 is 25.2 Å². The maximum absolute atomic E-state index is 13.6. The van der Waals surface area contributed by atoms with Crippen molar-refractivity contribution in [2.45, 2.75) is 32.7 Å². The number of benzene rings is 4. The molecule has 1 heterocycles. The minimum absolute atomic E-state index is 0.0142. The molecule has 0 aromatic heterocycles. The van der Waals surface area contributed by atoms with Crippen molar-refractivity contribution in [3.63, 3.8) is 0 Å². The Kier molecular flexibility index (Phi) is 9.18. The first-order valence-corrected chi connectivity index (χ1v) is 14.8. The zero-order chi connectivity index (χ0) is 31.3. The third kappa shape index (κ3) is 7.19. The molecule has 44 heavy (non-hydrogen) atoms. The number of piperazine rings is 1. The number of ether oxygens (including phenoxy) is 1. The molecule has 5 rings (SSSR count). The predicted octanol–water partition coefficient (Wildman–Crippen LogP) is 6.64. The lowest BCUT2D eigenvalue weighted by atomic mass is 9.87. The van der Waals surface area contributed by atoms with Gasteiger partial charge in [-0.05, 0) is 71.1 Å². The lowest BCUT2D eigenvalue weighted by Crippen LogP contribution is -2.47. The normalized spacial score (nSPS) is 13.4. The molecule has 0 saturated carbocycles. The number of para-hydroxylation sites is 2. The molecule has 4 aromatic rings. The van der Waals surface area contributed by atoms with Crippen molar-refractivity contribution in [1.82, 2.24) is 5.32 Å². The number of anilines is 3. The molecule has 1 aliphatic heterocycles. The molecule has 2 N–H and O–H groups in total. The Morgan fingerprint density at radius 3 is 2.07 bits per heavy atom. The van der Waals surface area contributed by atoms with Crippen LogP contribution >= 0.6 is 0 Å². The van der Waals surface area contributed by atoms with Crippen molar-refractivity contribution in [2.24, 2.45) is 0 Å². The number of nitrogens with one attached hydrogen (secondary N) is 2. The van der Waals surface area contributed by atoms with Crippen molar-refractivity contribution in [3.8, 4) is 5.75 Å². The lowest BCUT2D eigenvalue weighted by Gasteiger charge is -2.38. The summed E-state index contributed by atoms with van der Waals surface area (Å²) in [5, 5.41) is 5.93. The largest absolute Gasteiger partial charge is 0.495 e. The van der Waals surface area contributed by atoms with Gasteiger partial charge in [-0.15, -0.1) is 0 Å². The number of methoxy groups -OCH3 is 1. The van der Waals surface area contributed by atoms with Gasteiger partial charge in [0.2, 0.25) is 0 Å². The summed E-state index contributed by atoms with van der Waals surface area (Å²) in [6, 6.07) is 27.0. The van der Waals surface area contributed by atoms with Crippen LogP contribution in [0.3, 0.4) is 0 Å². The van der Waals surface area contributed by atoms with Crippen LogP contribution in [0.1, 0.15) is 52.6 Å². The second-order valence-electron chi connectivity index (χ2n) is 12.0. The number of hydrogen-bond acceptors (Lipinski definition) is 5. The van der Waals surface area contributed by atoms with Crippen LogP contribution in [0.2, 0.25) is 0 Å². The van der Waals surface area contributed by atoms with E-state index in [2.05, 4.69) is 47.3 Å². The van der Waals surface area contributed by atoms with E-state index in [1.54, 1.807) is 25.3 Å². The molecule has 0 radical (unpaired) electrons. The lowest BCUT2D eigenvalue weighted by molar-refractivity contribution is 0.0950. The number of amides is 2. The van der Waals surface area contributed by atoms with Crippen LogP contribution in [-0.2, 0) is 12.0 Å². The van der Waals surface area contributed by atoms with E-state index in [9.17, 15) is 14.0 Å². The highest BCUT2D eigenvalue weighted by Gasteiger charge is 2.24. The molecule has 0 spiro atoms. The van der Waals surface area contributed by atoms with Gasteiger partial charge in [-0.3, -0.25) is 9.59 Å². The van der Waals surface area contributed by atoms with E-state index in [4.69, 9.17) is 4.74 Å². The first-order chi connectivity index (χ1) is 21.1. The fourth-order valence-corrected chi connectivity index (χ4v) is 5.36. The standard InChI is InChI=1S/C36H39FN4O3/c1-36(2,3)27-13-11-26(12-14-27)34(42)39-29-17-18-31(30(23-29)35(43)38-24-25-9-15-28(37)16-10-25)40-19-21-41(22-20-40)32-7-5-6-8-33(32)44-4/h5-18,23H,19-22,24H2,1-4H3,(H,38,43)(H,39,42). The minimum Gasteiger partial charge on any atom is -0.495 e. The quantitative estimate of drug-likeness (QED) is 0.239. The Hall–Kier alpha value is -4.85. The van der Waals surface area contributed by atoms with Gasteiger partial charge < -0.3 is 25.2 Å². The Balaban J connectivity index is 1.36. The highest BCUT2D eigenvalue weighted by molar-refractivity contribution is 6.06. The number of halogens is 1. The molecule has 0 bridgehead atoms. The number of carbonyl (C=O) groups excluding carboxylic acids is 2. The van der Waals surface area contributed by atoms with Crippen LogP contribution in [0.5, 0.6) is 5.75 Å². The number of hydrogen-bond donors (Lipinski definition) is 2. The first kappa shape index (κ1) is 30.6. The average Bonchev–Trinajstić information content (AvgIpc) is 3.04. The highest BCUT2D eigenvalue weighted by Crippen LogP contribution is 2.31. The number of carbonyl (C=O) groups is 2. The van der Waals surface area contributed by atoms with E-state index < -0.39 is 0 Å². The predicted molar refractivity (Wildman–Crippen MR) is 175 cm³/mol. The van der Waals surface area contributed by atoms with E-state index in [1.165, 1.54) is 12.1 Å². The van der Waals surface area contributed by atoms with E-state index in [0.29, 0.717) is 29.9 Å². The molecular formula is C36H39FN4O3. The molecule has 228 valence electrons. The van der Waals surface area contributed by atoms with Crippen molar-refractivity contribution in [1.29, 1.82) is 0 Å². The van der Waals surface area contributed by atoms with Crippen molar-refractivity contribution < 1.29 is 18.7 Å². The third-order valence-electron chi connectivity index (χ3n) is 7.92. The van der Waals surface area contributed by atoms with Gasteiger partial charge in [0.1, 0.15) is 11.6 Å². The Bertz CT molecular complexity index is 1610. The molecule has 1 aliphatic rings. The smallest absolute Gasteiger partial charge is 0.255 e. The maximum atomic E-state index is 13.6. The minimum atomic E-state index is -0.328. The summed E-state index contributed by atoms with van der Waals surface area (Å²) in [6.45, 7) is 9.53. The molecule has 0 aliphatic carbocycles. The van der Waals surface area contributed by atoms with Crippen LogP contribution in [-0.4, -0.2) is 45.1 Å². The molecule has 1 fully saturated rings. The molecule has 0 atom stereocenters. The molecule has 2 amide bonds. The SMILES string of the molecule is COc1ccccc1N1CCN(c2ccc(NC(=O)c3ccc(C(C)(C)C)cc3)cc2C(=O)NCc2ccc(F)cc2)CC1. The van der Waals surface area contributed by atoms with Crippen LogP contribution in [0.25, 0.3) is 0 Å². The fraction of sp³-hybridized carbons (Fsp3) is 0.278. The number of rotatable bonds is 8. The van der Waals surface area contributed by atoms with Gasteiger partial charge >= 0.3 is 0 Å². The molecule has 0 unspecified atom stereocenters. The molecule has 4 aromatic carbocycles. The second kappa shape index (κ2) is 13.2. The van der Waals surface area contributed by atoms with Crippen LogP contribution in [0.15, 0.2) is 91.0 Å². The zero-order valence-corrected chi connectivity index (χ0v) is 25.7. The van der Waals surface area contributed by atoms with Crippen LogP contribution in [0, 0.1) is 5.82 Å². The van der Waals surface area contributed by atoms with Gasteiger partial charge in [0.05, 0.1) is 18.4 Å². The highest BCUT2D eigenvalue weighted by atomic mass is 19.1. The van der Waals surface area contributed by atoms with Crippen molar-refractivity contribution in [3.05, 3.63) is 119 Å². The van der Waals surface area contributed by atoms with Gasteiger partial charge in [-0.2, -0.15) is 0 Å². The summed E-state index contributed by atoms with van der Waals surface area (Å²) in [7, 11) is 1.67. The summed E-state index contributed by atoms with van der Waals surface area (Å²) in [6.07, 6.45) is 0. The summed E-state index contributed by atoms with van der Waals surface area (Å²) in [5.41, 5.74) is 5.27. The van der Waals surface area contributed by atoms with Crippen molar-refractivity contribution >= 4 is 28.9 Å². The third-order valence-corrected chi connectivity index (χ3v) is 7.92. The van der Waals surface area contributed by atoms with Gasteiger partial charge in [0.15, 0.2) is 0 Å². The monoisotopic (exact) mass is 594 g/mol. The Morgan fingerprint density at radius 2 is 1.43 bits per heavy atom. The van der Waals surface area contributed by atoms with E-state index in [0.717, 1.165) is 41.3 Å². The van der Waals surface area contributed by atoms with Gasteiger partial charge in [-0.25, -0.2) is 4.39 Å². The van der Waals surface area contributed by atoms with Gasteiger partial charge in [0, 0.05) is 49.7 Å². The number of nitrogens with zero attached hydrogens (tertiary/aromatic N) is 2. The molecule has 8 heteroatoms. The maximum Gasteiger partial charge on any atom is 0.255 e. The van der Waals surface area contributed by atoms with E-state index in [-0.39, 0.29) is 29.6 Å². The van der Waals surface area contributed by atoms with E-state index in [1.807, 2.05) is 54.6 Å². The Morgan fingerprint density at radius 1 is 0.795 bits per heavy atom. The van der Waals surface area contributed by atoms with E-state index >= 15 is 0 Å². The van der Waals surface area contributed by atoms with Gasteiger partial charge in [-0.1, -0.05) is 57.2 Å². The van der Waals surface area contributed by atoms with Crippen LogP contribution in [0.4, 0.5) is 21.5 Å². The fourth-order valence-electron chi connectivity index (χ4n) is 5.36. The molecular weight excluding hydrogens is 555 g/mol. The molecule has 1 saturated heterocycles. The zero-order valence-electron chi connectivity index (χ0n) is 25.7. The molecule has 7 nitrogen and oxygen atoms in total. The topological polar surface area (TPSA) is 73.9 Å². The first-order valence-electron chi connectivity index (χ1n) is 14.8. The van der Waals surface area contributed by atoms with Gasteiger partial charge in [0.25, 0.3) is 11.8 Å². The second-order valence-corrected chi connectivity index (χ2v) is 12.0. The average molecular weight is 595 g/mol. The summed E-state index contributed by atoms with van der Waals surface area (Å²) in [4.78, 5) is 31.2. The van der Waals surface area contributed by atoms with Crippen molar-refractivity contribution in [2.75, 3.05) is 48.4 Å². The Labute approximate surface area is 258 Å². The summed E-state index contributed by atoms with van der Waals surface area (Å²) >= 11 is 0. The summed E-state index contributed by atoms with van der Waals surface area (Å²) < 4.78 is 19.0. The summed E-state index contributed by atoms with van der Waals surface area (Å²) in [5.74, 6) is -0.0236.